The van der Waals surface area contributed by atoms with E-state index < -0.39 is 0 Å². The standard InChI is InChI=1S/C14H22N4O2/c19-14(17-10-12-2-1-7-20-12)16-9-11-3-5-18-6-4-15-13(18)8-11/h4,6,11-12H,1-3,5,7-10H2,(H2,16,17,19)/t11-,12+/m1/s1. The molecule has 0 radical (unpaired) electrons. The van der Waals surface area contributed by atoms with Gasteiger partial charge in [0.1, 0.15) is 5.82 Å². The van der Waals surface area contributed by atoms with Crippen molar-refractivity contribution in [2.45, 2.75) is 38.3 Å². The summed E-state index contributed by atoms with van der Waals surface area (Å²) in [5.74, 6) is 1.61. The van der Waals surface area contributed by atoms with Gasteiger partial charge in [-0.05, 0) is 25.2 Å². The second-order valence-electron chi connectivity index (χ2n) is 5.62. The van der Waals surface area contributed by atoms with Crippen LogP contribution in [0.2, 0.25) is 0 Å². The fourth-order valence-electron chi connectivity index (χ4n) is 2.90. The highest BCUT2D eigenvalue weighted by atomic mass is 16.5. The molecule has 1 saturated heterocycles. The molecule has 6 nitrogen and oxygen atoms in total. The quantitative estimate of drug-likeness (QED) is 0.860. The molecule has 6 heteroatoms. The van der Waals surface area contributed by atoms with E-state index in [1.807, 2.05) is 12.4 Å². The van der Waals surface area contributed by atoms with Gasteiger partial charge < -0.3 is 19.9 Å². The third kappa shape index (κ3) is 3.30. The molecular formula is C14H22N4O2. The molecule has 110 valence electrons. The van der Waals surface area contributed by atoms with Crippen LogP contribution in [0.4, 0.5) is 4.79 Å². The maximum atomic E-state index is 11.7. The lowest BCUT2D eigenvalue weighted by molar-refractivity contribution is 0.111. The zero-order valence-corrected chi connectivity index (χ0v) is 11.7. The Kier molecular flexibility index (Phi) is 4.20. The third-order valence-electron chi connectivity index (χ3n) is 4.12. The number of hydrogen-bond acceptors (Lipinski definition) is 3. The lowest BCUT2D eigenvalue weighted by Gasteiger charge is -2.23. The number of carbonyl (C=O) groups excluding carboxylic acids is 1. The molecule has 2 atom stereocenters. The Balaban J connectivity index is 1.36. The lowest BCUT2D eigenvalue weighted by atomic mass is 9.98. The smallest absolute Gasteiger partial charge is 0.314 e. The summed E-state index contributed by atoms with van der Waals surface area (Å²) >= 11 is 0. The first kappa shape index (κ1) is 13.4. The van der Waals surface area contributed by atoms with Gasteiger partial charge in [0.05, 0.1) is 6.10 Å². The Morgan fingerprint density at radius 2 is 2.30 bits per heavy atom. The molecule has 2 amide bonds. The van der Waals surface area contributed by atoms with E-state index in [-0.39, 0.29) is 12.1 Å². The number of imidazole rings is 1. The zero-order chi connectivity index (χ0) is 13.8. The van der Waals surface area contributed by atoms with E-state index in [0.717, 1.165) is 44.7 Å². The molecule has 2 aliphatic rings. The summed E-state index contributed by atoms with van der Waals surface area (Å²) in [6.07, 6.45) is 8.25. The SMILES string of the molecule is O=C(NC[C@@H]1CCn2ccnc2C1)NC[C@@H]1CCCO1. The summed E-state index contributed by atoms with van der Waals surface area (Å²) in [4.78, 5) is 16.1. The molecule has 0 saturated carbocycles. The molecule has 0 bridgehead atoms. The highest BCUT2D eigenvalue weighted by Crippen LogP contribution is 2.18. The predicted octanol–water partition coefficient (Wildman–Crippen LogP) is 0.924. The molecule has 0 unspecified atom stereocenters. The van der Waals surface area contributed by atoms with Gasteiger partial charge >= 0.3 is 6.03 Å². The van der Waals surface area contributed by atoms with Crippen molar-refractivity contribution in [2.75, 3.05) is 19.7 Å². The number of ether oxygens (including phenoxy) is 1. The van der Waals surface area contributed by atoms with E-state index >= 15 is 0 Å². The fourth-order valence-corrected chi connectivity index (χ4v) is 2.90. The maximum absolute atomic E-state index is 11.7. The minimum Gasteiger partial charge on any atom is -0.376 e. The number of urea groups is 1. The first-order valence-electron chi connectivity index (χ1n) is 7.44. The van der Waals surface area contributed by atoms with Gasteiger partial charge in [0, 0.05) is 45.1 Å². The molecule has 20 heavy (non-hydrogen) atoms. The molecule has 3 heterocycles. The molecule has 1 aromatic rings. The Morgan fingerprint density at radius 3 is 3.15 bits per heavy atom. The Labute approximate surface area is 118 Å². The van der Waals surface area contributed by atoms with Crippen LogP contribution in [-0.2, 0) is 17.7 Å². The van der Waals surface area contributed by atoms with Crippen molar-refractivity contribution in [1.82, 2.24) is 20.2 Å². The first-order valence-corrected chi connectivity index (χ1v) is 7.44. The van der Waals surface area contributed by atoms with Crippen LogP contribution in [0.3, 0.4) is 0 Å². The second kappa shape index (κ2) is 6.26. The molecule has 2 N–H and O–H groups in total. The van der Waals surface area contributed by atoms with Crippen LogP contribution in [0.15, 0.2) is 12.4 Å². The molecule has 3 rings (SSSR count). The number of nitrogens with zero attached hydrogens (tertiary/aromatic N) is 2. The minimum atomic E-state index is -0.0885. The monoisotopic (exact) mass is 278 g/mol. The topological polar surface area (TPSA) is 68.2 Å². The number of hydrogen-bond donors (Lipinski definition) is 2. The van der Waals surface area contributed by atoms with Crippen molar-refractivity contribution < 1.29 is 9.53 Å². The van der Waals surface area contributed by atoms with Crippen LogP contribution in [0.5, 0.6) is 0 Å². The molecule has 2 aliphatic heterocycles. The van der Waals surface area contributed by atoms with E-state index in [4.69, 9.17) is 4.74 Å². The molecule has 1 aromatic heterocycles. The normalized spacial score (nSPS) is 25.2. The number of amides is 2. The summed E-state index contributed by atoms with van der Waals surface area (Å²) in [5.41, 5.74) is 0. The van der Waals surface area contributed by atoms with Crippen LogP contribution in [0.1, 0.15) is 25.1 Å². The number of fused-ring (bicyclic) bond motifs is 1. The van der Waals surface area contributed by atoms with Crippen molar-refractivity contribution >= 4 is 6.03 Å². The number of aryl methyl sites for hydroxylation is 1. The van der Waals surface area contributed by atoms with E-state index in [1.165, 1.54) is 0 Å². The van der Waals surface area contributed by atoms with Crippen molar-refractivity contribution in [3.8, 4) is 0 Å². The van der Waals surface area contributed by atoms with Crippen LogP contribution in [0, 0.1) is 5.92 Å². The van der Waals surface area contributed by atoms with Gasteiger partial charge in [-0.3, -0.25) is 0 Å². The number of rotatable bonds is 4. The largest absolute Gasteiger partial charge is 0.376 e. The molecule has 0 aliphatic carbocycles. The average molecular weight is 278 g/mol. The molecule has 1 fully saturated rings. The summed E-state index contributed by atoms with van der Waals surface area (Å²) in [5, 5.41) is 5.84. The van der Waals surface area contributed by atoms with Gasteiger partial charge in [0.15, 0.2) is 0 Å². The van der Waals surface area contributed by atoms with Crippen molar-refractivity contribution in [3.05, 3.63) is 18.2 Å². The Hall–Kier alpha value is -1.56. The maximum Gasteiger partial charge on any atom is 0.314 e. The van der Waals surface area contributed by atoms with Crippen molar-refractivity contribution in [3.63, 3.8) is 0 Å². The highest BCUT2D eigenvalue weighted by Gasteiger charge is 2.20. The first-order chi connectivity index (χ1) is 9.81. The number of nitrogens with one attached hydrogen (secondary N) is 2. The minimum absolute atomic E-state index is 0.0885. The van der Waals surface area contributed by atoms with E-state index in [0.29, 0.717) is 19.0 Å². The number of carbonyl (C=O) groups is 1. The predicted molar refractivity (Wildman–Crippen MR) is 74.4 cm³/mol. The Bertz CT molecular complexity index is 454. The van der Waals surface area contributed by atoms with Gasteiger partial charge in [-0.15, -0.1) is 0 Å². The molecule has 0 aromatic carbocycles. The van der Waals surface area contributed by atoms with Crippen LogP contribution >= 0.6 is 0 Å². The molecular weight excluding hydrogens is 256 g/mol. The second-order valence-corrected chi connectivity index (χ2v) is 5.62. The summed E-state index contributed by atoms with van der Waals surface area (Å²) < 4.78 is 7.66. The van der Waals surface area contributed by atoms with Gasteiger partial charge in [-0.1, -0.05) is 0 Å². The van der Waals surface area contributed by atoms with Crippen LogP contribution in [-0.4, -0.2) is 41.4 Å². The van der Waals surface area contributed by atoms with Gasteiger partial charge in [0.25, 0.3) is 0 Å². The van der Waals surface area contributed by atoms with Gasteiger partial charge in [-0.2, -0.15) is 0 Å². The van der Waals surface area contributed by atoms with E-state index in [9.17, 15) is 4.79 Å². The van der Waals surface area contributed by atoms with Crippen LogP contribution < -0.4 is 10.6 Å². The highest BCUT2D eigenvalue weighted by molar-refractivity contribution is 5.73. The van der Waals surface area contributed by atoms with E-state index in [2.05, 4.69) is 20.2 Å². The summed E-state index contributed by atoms with van der Waals surface area (Å²) in [6.45, 7) is 3.15. The summed E-state index contributed by atoms with van der Waals surface area (Å²) in [6, 6.07) is -0.0885. The number of aromatic nitrogens is 2. The van der Waals surface area contributed by atoms with E-state index in [1.54, 1.807) is 0 Å². The molecule has 0 spiro atoms. The van der Waals surface area contributed by atoms with Gasteiger partial charge in [-0.25, -0.2) is 9.78 Å². The Morgan fingerprint density at radius 1 is 1.40 bits per heavy atom. The third-order valence-corrected chi connectivity index (χ3v) is 4.12. The summed E-state index contributed by atoms with van der Waals surface area (Å²) in [7, 11) is 0. The zero-order valence-electron chi connectivity index (χ0n) is 11.7. The van der Waals surface area contributed by atoms with Crippen molar-refractivity contribution in [1.29, 1.82) is 0 Å². The van der Waals surface area contributed by atoms with Crippen molar-refractivity contribution in [2.24, 2.45) is 5.92 Å². The lowest BCUT2D eigenvalue weighted by Crippen LogP contribution is -2.42. The average Bonchev–Trinajstić information content (AvgIpc) is 3.13. The fraction of sp³-hybridized carbons (Fsp3) is 0.714. The van der Waals surface area contributed by atoms with Gasteiger partial charge in [0.2, 0.25) is 0 Å². The van der Waals surface area contributed by atoms with Crippen LogP contribution in [0.25, 0.3) is 0 Å².